The molecular weight excluding hydrogens is 398 g/mol. The van der Waals surface area contributed by atoms with E-state index in [9.17, 15) is 9.59 Å². The molecule has 0 fully saturated rings. The first-order chi connectivity index (χ1) is 15.1. The van der Waals surface area contributed by atoms with E-state index in [1.807, 2.05) is 30.3 Å². The van der Waals surface area contributed by atoms with Crippen molar-refractivity contribution in [1.29, 1.82) is 0 Å². The first-order valence-corrected chi connectivity index (χ1v) is 9.89. The average Bonchev–Trinajstić information content (AvgIpc) is 3.44. The van der Waals surface area contributed by atoms with Gasteiger partial charge in [-0.2, -0.15) is 0 Å². The number of rotatable bonds is 7. The number of esters is 1. The summed E-state index contributed by atoms with van der Waals surface area (Å²) in [4.78, 5) is 30.2. The number of carbonyl (C=O) groups is 2. The fourth-order valence-electron chi connectivity index (χ4n) is 3.35. The summed E-state index contributed by atoms with van der Waals surface area (Å²) in [5.74, 6) is -0.477. The first kappa shape index (κ1) is 20.3. The number of amides is 1. The van der Waals surface area contributed by atoms with Crippen LogP contribution in [0.15, 0.2) is 63.7 Å². The monoisotopic (exact) mass is 419 g/mol. The van der Waals surface area contributed by atoms with Crippen molar-refractivity contribution in [2.24, 2.45) is 0 Å². The smallest absolute Gasteiger partial charge is 0.328 e. The van der Waals surface area contributed by atoms with E-state index < -0.39 is 17.9 Å². The van der Waals surface area contributed by atoms with Crippen LogP contribution in [0.1, 0.15) is 28.5 Å². The minimum atomic E-state index is -0.856. The topological polar surface area (TPSA) is 107 Å². The van der Waals surface area contributed by atoms with Gasteiger partial charge in [0.1, 0.15) is 11.7 Å². The van der Waals surface area contributed by atoms with Crippen LogP contribution < -0.4 is 5.32 Å². The number of fused-ring (bicyclic) bond motifs is 1. The molecule has 1 unspecified atom stereocenters. The normalized spacial score (nSPS) is 11.9. The Bertz CT molecular complexity index is 1200. The summed E-state index contributed by atoms with van der Waals surface area (Å²) >= 11 is 0. The van der Waals surface area contributed by atoms with Crippen LogP contribution in [-0.4, -0.2) is 34.7 Å². The number of ether oxygens (including phenoxy) is 1. The number of aromatic nitrogens is 2. The van der Waals surface area contributed by atoms with Gasteiger partial charge in [0, 0.05) is 6.42 Å². The third kappa shape index (κ3) is 4.32. The summed E-state index contributed by atoms with van der Waals surface area (Å²) in [6.45, 7) is 3.67. The Hall–Kier alpha value is -3.94. The SMILES string of the molecule is CCOC(=O)C(Cc1ccccc1)NC(=O)c1cc(-c2ccco2)nc2onc(C)c12. The van der Waals surface area contributed by atoms with Gasteiger partial charge < -0.3 is 19.0 Å². The Balaban J connectivity index is 1.69. The Morgan fingerprint density at radius 3 is 2.68 bits per heavy atom. The molecule has 3 aromatic heterocycles. The van der Waals surface area contributed by atoms with Crippen molar-refractivity contribution in [3.05, 3.63) is 71.6 Å². The summed E-state index contributed by atoms with van der Waals surface area (Å²) in [6.07, 6.45) is 1.82. The first-order valence-electron chi connectivity index (χ1n) is 9.89. The maximum Gasteiger partial charge on any atom is 0.328 e. The number of pyridine rings is 1. The maximum atomic E-state index is 13.3. The van der Waals surface area contributed by atoms with E-state index in [-0.39, 0.29) is 17.9 Å². The molecule has 1 N–H and O–H groups in total. The molecule has 0 spiro atoms. The summed E-state index contributed by atoms with van der Waals surface area (Å²) in [6, 6.07) is 13.6. The van der Waals surface area contributed by atoms with E-state index in [0.717, 1.165) is 5.56 Å². The Morgan fingerprint density at radius 2 is 1.97 bits per heavy atom. The second-order valence-corrected chi connectivity index (χ2v) is 6.95. The fourth-order valence-corrected chi connectivity index (χ4v) is 3.35. The van der Waals surface area contributed by atoms with Crippen LogP contribution in [0.2, 0.25) is 0 Å². The predicted octanol–water partition coefficient (Wildman–Crippen LogP) is 3.70. The molecule has 0 aliphatic heterocycles. The molecule has 1 aromatic carbocycles. The molecule has 0 saturated carbocycles. The van der Waals surface area contributed by atoms with Gasteiger partial charge in [0.25, 0.3) is 11.6 Å². The Labute approximate surface area is 178 Å². The van der Waals surface area contributed by atoms with Crippen LogP contribution in [0.4, 0.5) is 0 Å². The Kier molecular flexibility index (Phi) is 5.79. The number of carbonyl (C=O) groups excluding carboxylic acids is 2. The van der Waals surface area contributed by atoms with Gasteiger partial charge in [-0.25, -0.2) is 9.78 Å². The zero-order valence-corrected chi connectivity index (χ0v) is 17.1. The van der Waals surface area contributed by atoms with Gasteiger partial charge in [-0.05, 0) is 37.6 Å². The number of benzene rings is 1. The van der Waals surface area contributed by atoms with Crippen molar-refractivity contribution in [2.45, 2.75) is 26.3 Å². The van der Waals surface area contributed by atoms with Crippen LogP contribution in [0.25, 0.3) is 22.6 Å². The average molecular weight is 419 g/mol. The molecule has 0 radical (unpaired) electrons. The van der Waals surface area contributed by atoms with Crippen molar-refractivity contribution in [2.75, 3.05) is 6.61 Å². The summed E-state index contributed by atoms with van der Waals surface area (Å²) in [5.41, 5.74) is 2.35. The summed E-state index contributed by atoms with van der Waals surface area (Å²) < 4.78 is 15.9. The molecule has 3 heterocycles. The lowest BCUT2D eigenvalue weighted by atomic mass is 10.0. The van der Waals surface area contributed by atoms with E-state index in [4.69, 9.17) is 13.7 Å². The molecular formula is C23H21N3O5. The largest absolute Gasteiger partial charge is 0.464 e. The molecule has 0 saturated heterocycles. The van der Waals surface area contributed by atoms with Crippen molar-refractivity contribution in [3.8, 4) is 11.5 Å². The van der Waals surface area contributed by atoms with E-state index in [2.05, 4.69) is 15.5 Å². The van der Waals surface area contributed by atoms with Gasteiger partial charge in [-0.1, -0.05) is 35.5 Å². The molecule has 1 amide bonds. The lowest BCUT2D eigenvalue weighted by molar-refractivity contribution is -0.145. The quantitative estimate of drug-likeness (QED) is 0.455. The van der Waals surface area contributed by atoms with E-state index in [1.165, 1.54) is 6.26 Å². The highest BCUT2D eigenvalue weighted by Crippen LogP contribution is 2.27. The highest BCUT2D eigenvalue weighted by Gasteiger charge is 2.26. The minimum Gasteiger partial charge on any atom is -0.464 e. The van der Waals surface area contributed by atoms with Crippen molar-refractivity contribution in [1.82, 2.24) is 15.5 Å². The minimum absolute atomic E-state index is 0.215. The number of nitrogens with one attached hydrogen (secondary N) is 1. The zero-order chi connectivity index (χ0) is 21.8. The summed E-state index contributed by atoms with van der Waals surface area (Å²) in [5, 5.41) is 7.22. The van der Waals surface area contributed by atoms with Crippen LogP contribution in [0.5, 0.6) is 0 Å². The molecule has 31 heavy (non-hydrogen) atoms. The lowest BCUT2D eigenvalue weighted by Crippen LogP contribution is -2.43. The molecule has 8 heteroatoms. The lowest BCUT2D eigenvalue weighted by Gasteiger charge is -2.18. The second-order valence-electron chi connectivity index (χ2n) is 6.95. The predicted molar refractivity (Wildman–Crippen MR) is 112 cm³/mol. The molecule has 4 aromatic rings. The number of hydrogen-bond donors (Lipinski definition) is 1. The molecule has 0 aliphatic rings. The summed E-state index contributed by atoms with van der Waals surface area (Å²) in [7, 11) is 0. The van der Waals surface area contributed by atoms with Crippen LogP contribution >= 0.6 is 0 Å². The third-order valence-corrected chi connectivity index (χ3v) is 4.79. The number of aryl methyl sites for hydroxylation is 1. The maximum absolute atomic E-state index is 13.3. The van der Waals surface area contributed by atoms with Gasteiger partial charge in [-0.15, -0.1) is 0 Å². The van der Waals surface area contributed by atoms with Gasteiger partial charge >= 0.3 is 5.97 Å². The number of hydrogen-bond acceptors (Lipinski definition) is 7. The van der Waals surface area contributed by atoms with Crippen molar-refractivity contribution in [3.63, 3.8) is 0 Å². The van der Waals surface area contributed by atoms with Gasteiger partial charge in [-0.3, -0.25) is 4.79 Å². The number of furan rings is 1. The molecule has 0 bridgehead atoms. The van der Waals surface area contributed by atoms with Crippen molar-refractivity contribution >= 4 is 23.0 Å². The van der Waals surface area contributed by atoms with Gasteiger partial charge in [0.2, 0.25) is 0 Å². The highest BCUT2D eigenvalue weighted by atomic mass is 16.5. The van der Waals surface area contributed by atoms with Crippen LogP contribution in [0.3, 0.4) is 0 Å². The molecule has 158 valence electrons. The standard InChI is InChI=1S/C23H21N3O5/c1-3-29-23(28)18(12-15-8-5-4-6-9-15)24-21(27)16-13-17(19-10-7-11-30-19)25-22-20(16)14(2)26-31-22/h4-11,13,18H,3,12H2,1-2H3,(H,24,27). The van der Waals surface area contributed by atoms with Crippen LogP contribution in [0, 0.1) is 6.92 Å². The molecule has 4 rings (SSSR count). The van der Waals surface area contributed by atoms with Gasteiger partial charge in [0.05, 0.1) is 29.5 Å². The van der Waals surface area contributed by atoms with Crippen molar-refractivity contribution < 1.29 is 23.3 Å². The second kappa shape index (κ2) is 8.83. The zero-order valence-electron chi connectivity index (χ0n) is 17.1. The third-order valence-electron chi connectivity index (χ3n) is 4.79. The highest BCUT2D eigenvalue weighted by molar-refractivity contribution is 6.07. The fraction of sp³-hybridized carbons (Fsp3) is 0.217. The Morgan fingerprint density at radius 1 is 1.16 bits per heavy atom. The van der Waals surface area contributed by atoms with E-state index in [0.29, 0.717) is 29.0 Å². The van der Waals surface area contributed by atoms with E-state index >= 15 is 0 Å². The molecule has 1 atom stereocenters. The van der Waals surface area contributed by atoms with Crippen LogP contribution in [-0.2, 0) is 16.0 Å². The molecule has 0 aliphatic carbocycles. The number of nitrogens with zero attached hydrogens (tertiary/aromatic N) is 2. The van der Waals surface area contributed by atoms with Gasteiger partial charge in [0.15, 0.2) is 5.76 Å². The van der Waals surface area contributed by atoms with E-state index in [1.54, 1.807) is 32.0 Å². The molecule has 8 nitrogen and oxygen atoms in total.